The number of nitrogens with one attached hydrogen (secondary N) is 1. The summed E-state index contributed by atoms with van der Waals surface area (Å²) in [5, 5.41) is 5.64. The minimum absolute atomic E-state index is 0.0312. The van der Waals surface area contributed by atoms with Gasteiger partial charge in [0.1, 0.15) is 11.5 Å². The third-order valence-corrected chi connectivity index (χ3v) is 4.54. The zero-order chi connectivity index (χ0) is 15.5. The van der Waals surface area contributed by atoms with Gasteiger partial charge in [0.25, 0.3) is 5.91 Å². The molecule has 3 heterocycles. The number of anilines is 2. The van der Waals surface area contributed by atoms with Gasteiger partial charge in [0.05, 0.1) is 0 Å². The van der Waals surface area contributed by atoms with Gasteiger partial charge in [-0.1, -0.05) is 19.9 Å². The molecule has 0 saturated carbocycles. The van der Waals surface area contributed by atoms with Crippen molar-refractivity contribution in [3.63, 3.8) is 0 Å². The molecule has 1 N–H and O–H groups in total. The molecule has 2 atom stereocenters. The number of amides is 1. The Morgan fingerprint density at radius 2 is 2.09 bits per heavy atom. The molecule has 0 bridgehead atoms. The first-order valence-electron chi connectivity index (χ1n) is 7.54. The summed E-state index contributed by atoms with van der Waals surface area (Å²) in [5.41, 5.74) is 0.518. The van der Waals surface area contributed by atoms with Gasteiger partial charge in [0.15, 0.2) is 5.13 Å². The summed E-state index contributed by atoms with van der Waals surface area (Å²) in [6.45, 7) is 6.05. The summed E-state index contributed by atoms with van der Waals surface area (Å²) in [7, 11) is 0. The lowest BCUT2D eigenvalue weighted by Crippen LogP contribution is -2.42. The number of hydrogen-bond acceptors (Lipinski definition) is 5. The molecular weight excluding hydrogens is 296 g/mol. The minimum Gasteiger partial charge on any atom is -0.337 e. The first kappa shape index (κ1) is 15.0. The lowest BCUT2D eigenvalue weighted by atomic mass is 9.92. The van der Waals surface area contributed by atoms with E-state index in [0.717, 1.165) is 18.9 Å². The quantitative estimate of drug-likeness (QED) is 0.943. The van der Waals surface area contributed by atoms with Crippen LogP contribution < -0.4 is 5.32 Å². The molecule has 1 aliphatic rings. The van der Waals surface area contributed by atoms with E-state index >= 15 is 0 Å². The molecule has 0 aromatic carbocycles. The summed E-state index contributed by atoms with van der Waals surface area (Å²) < 4.78 is 0. The molecule has 5 nitrogen and oxygen atoms in total. The largest absolute Gasteiger partial charge is 0.337 e. The summed E-state index contributed by atoms with van der Waals surface area (Å²) in [6, 6.07) is 5.64. The standard InChI is InChI=1S/C16H20N4OS/c1-11-7-12(2)9-20(8-11)15(21)13-10-22-16(18-13)19-14-5-3-4-6-17-14/h3-6,10-12H,7-9H2,1-2H3,(H,17,18,19). The molecule has 0 spiro atoms. The molecular formula is C16H20N4OS. The molecule has 22 heavy (non-hydrogen) atoms. The zero-order valence-corrected chi connectivity index (χ0v) is 13.6. The first-order chi connectivity index (χ1) is 10.6. The highest BCUT2D eigenvalue weighted by Crippen LogP contribution is 2.24. The predicted octanol–water partition coefficient (Wildman–Crippen LogP) is 3.40. The maximum Gasteiger partial charge on any atom is 0.273 e. The van der Waals surface area contributed by atoms with E-state index in [0.29, 0.717) is 22.7 Å². The van der Waals surface area contributed by atoms with Crippen molar-refractivity contribution in [1.82, 2.24) is 14.9 Å². The number of piperidine rings is 1. The Morgan fingerprint density at radius 1 is 1.32 bits per heavy atom. The van der Waals surface area contributed by atoms with E-state index in [-0.39, 0.29) is 5.91 Å². The van der Waals surface area contributed by atoms with Crippen molar-refractivity contribution in [3.05, 3.63) is 35.5 Å². The molecule has 3 rings (SSSR count). The van der Waals surface area contributed by atoms with Gasteiger partial charge in [-0.3, -0.25) is 4.79 Å². The van der Waals surface area contributed by atoms with Crippen LogP contribution in [0.5, 0.6) is 0 Å². The van der Waals surface area contributed by atoms with Gasteiger partial charge in [-0.05, 0) is 30.4 Å². The second-order valence-electron chi connectivity index (χ2n) is 6.03. The maximum absolute atomic E-state index is 12.6. The fourth-order valence-corrected chi connectivity index (χ4v) is 3.66. The van der Waals surface area contributed by atoms with E-state index < -0.39 is 0 Å². The summed E-state index contributed by atoms with van der Waals surface area (Å²) >= 11 is 1.43. The van der Waals surface area contributed by atoms with Crippen LogP contribution in [0.25, 0.3) is 0 Å². The monoisotopic (exact) mass is 316 g/mol. The second-order valence-corrected chi connectivity index (χ2v) is 6.89. The maximum atomic E-state index is 12.6. The number of hydrogen-bond donors (Lipinski definition) is 1. The number of carbonyl (C=O) groups is 1. The van der Waals surface area contributed by atoms with Crippen LogP contribution in [-0.2, 0) is 0 Å². The Labute approximate surface area is 134 Å². The number of likely N-dealkylation sites (tertiary alicyclic amines) is 1. The third kappa shape index (κ3) is 3.44. The molecule has 1 fully saturated rings. The van der Waals surface area contributed by atoms with E-state index in [9.17, 15) is 4.79 Å². The van der Waals surface area contributed by atoms with Crippen molar-refractivity contribution in [2.45, 2.75) is 20.3 Å². The van der Waals surface area contributed by atoms with Crippen molar-refractivity contribution in [1.29, 1.82) is 0 Å². The fourth-order valence-electron chi connectivity index (χ4n) is 2.97. The van der Waals surface area contributed by atoms with Crippen LogP contribution in [0, 0.1) is 11.8 Å². The molecule has 2 unspecified atom stereocenters. The number of thiazole rings is 1. The van der Waals surface area contributed by atoms with E-state index in [1.54, 1.807) is 6.20 Å². The van der Waals surface area contributed by atoms with E-state index in [1.807, 2.05) is 28.5 Å². The van der Waals surface area contributed by atoms with Gasteiger partial charge in [0, 0.05) is 24.7 Å². The van der Waals surface area contributed by atoms with Crippen LogP contribution in [-0.4, -0.2) is 33.9 Å². The molecule has 0 aliphatic carbocycles. The number of pyridine rings is 1. The summed E-state index contributed by atoms with van der Waals surface area (Å²) in [4.78, 5) is 23.1. The molecule has 1 aliphatic heterocycles. The van der Waals surface area contributed by atoms with Crippen molar-refractivity contribution in [3.8, 4) is 0 Å². The lowest BCUT2D eigenvalue weighted by molar-refractivity contribution is 0.0618. The normalized spacial score (nSPS) is 21.6. The Balaban J connectivity index is 1.69. The van der Waals surface area contributed by atoms with Crippen molar-refractivity contribution in [2.24, 2.45) is 11.8 Å². The van der Waals surface area contributed by atoms with Crippen LogP contribution in [0.4, 0.5) is 10.9 Å². The average Bonchev–Trinajstić information content (AvgIpc) is 2.95. The topological polar surface area (TPSA) is 58.1 Å². The highest BCUT2D eigenvalue weighted by molar-refractivity contribution is 7.14. The van der Waals surface area contributed by atoms with Gasteiger partial charge in [-0.25, -0.2) is 9.97 Å². The van der Waals surface area contributed by atoms with E-state index in [4.69, 9.17) is 0 Å². The highest BCUT2D eigenvalue weighted by Gasteiger charge is 2.27. The second kappa shape index (κ2) is 6.44. The van der Waals surface area contributed by atoms with Gasteiger partial charge in [-0.2, -0.15) is 0 Å². The van der Waals surface area contributed by atoms with E-state index in [1.165, 1.54) is 17.8 Å². The van der Waals surface area contributed by atoms with Gasteiger partial charge in [-0.15, -0.1) is 11.3 Å². The number of carbonyl (C=O) groups excluding carboxylic acids is 1. The van der Waals surface area contributed by atoms with Gasteiger partial charge in [0.2, 0.25) is 0 Å². The van der Waals surface area contributed by atoms with Crippen molar-refractivity contribution in [2.75, 3.05) is 18.4 Å². The number of rotatable bonds is 3. The van der Waals surface area contributed by atoms with E-state index in [2.05, 4.69) is 29.1 Å². The molecule has 0 radical (unpaired) electrons. The zero-order valence-electron chi connectivity index (χ0n) is 12.8. The molecule has 2 aromatic heterocycles. The lowest BCUT2D eigenvalue weighted by Gasteiger charge is -2.34. The Hall–Kier alpha value is -1.95. The van der Waals surface area contributed by atoms with Gasteiger partial charge >= 0.3 is 0 Å². The molecule has 6 heteroatoms. The van der Waals surface area contributed by atoms with Crippen LogP contribution >= 0.6 is 11.3 Å². The molecule has 1 amide bonds. The van der Waals surface area contributed by atoms with Crippen LogP contribution in [0.2, 0.25) is 0 Å². The summed E-state index contributed by atoms with van der Waals surface area (Å²) in [6.07, 6.45) is 2.91. The Bertz CT molecular complexity index is 633. The predicted molar refractivity (Wildman–Crippen MR) is 88.5 cm³/mol. The number of aromatic nitrogens is 2. The smallest absolute Gasteiger partial charge is 0.273 e. The summed E-state index contributed by atoms with van der Waals surface area (Å²) in [5.74, 6) is 1.87. The Kier molecular flexibility index (Phi) is 4.38. The molecule has 1 saturated heterocycles. The first-order valence-corrected chi connectivity index (χ1v) is 8.42. The SMILES string of the molecule is CC1CC(C)CN(C(=O)c2csc(Nc3ccccn3)n2)C1. The fraction of sp³-hybridized carbons (Fsp3) is 0.438. The molecule has 2 aromatic rings. The van der Waals surface area contributed by atoms with Crippen LogP contribution in [0.15, 0.2) is 29.8 Å². The van der Waals surface area contributed by atoms with Crippen LogP contribution in [0.1, 0.15) is 30.8 Å². The van der Waals surface area contributed by atoms with Crippen molar-refractivity contribution >= 4 is 28.2 Å². The highest BCUT2D eigenvalue weighted by atomic mass is 32.1. The number of nitrogens with zero attached hydrogens (tertiary/aromatic N) is 3. The third-order valence-electron chi connectivity index (χ3n) is 3.78. The Morgan fingerprint density at radius 3 is 2.77 bits per heavy atom. The van der Waals surface area contributed by atoms with Crippen LogP contribution in [0.3, 0.4) is 0 Å². The molecule has 116 valence electrons. The van der Waals surface area contributed by atoms with Crippen molar-refractivity contribution < 1.29 is 4.79 Å². The van der Waals surface area contributed by atoms with Gasteiger partial charge < -0.3 is 10.2 Å². The average molecular weight is 316 g/mol. The minimum atomic E-state index is 0.0312.